The van der Waals surface area contributed by atoms with E-state index in [9.17, 15) is 14.9 Å². The Morgan fingerprint density at radius 3 is 2.45 bits per heavy atom. The van der Waals surface area contributed by atoms with Crippen LogP contribution in [0, 0.1) is 30.9 Å². The molecule has 0 bridgehead atoms. The summed E-state index contributed by atoms with van der Waals surface area (Å²) in [5.41, 5.74) is 4.75. The number of nitro benzene ring substituents is 1. The molecule has 0 aliphatic carbocycles. The van der Waals surface area contributed by atoms with E-state index in [-0.39, 0.29) is 17.1 Å². The first-order valence-electron chi connectivity index (χ1n) is 10.2. The molecule has 162 valence electrons. The SMILES string of the molecule is CCCSc1ccc([N+](=O)[O-])c(NC(=O)c2ccc(Cc3c(C)cc(C)cc3C)o2)c1. The Kier molecular flexibility index (Phi) is 7.17. The second-order valence-corrected chi connectivity index (χ2v) is 8.73. The number of thioether (sulfide) groups is 1. The second-order valence-electron chi connectivity index (χ2n) is 7.56. The van der Waals surface area contributed by atoms with Crippen LogP contribution >= 0.6 is 11.8 Å². The van der Waals surface area contributed by atoms with Crippen LogP contribution in [0.2, 0.25) is 0 Å². The predicted octanol–water partition coefficient (Wildman–Crippen LogP) is 6.46. The van der Waals surface area contributed by atoms with Gasteiger partial charge in [0, 0.05) is 17.4 Å². The number of nitrogens with zero attached hydrogens (tertiary/aromatic N) is 1. The highest BCUT2D eigenvalue weighted by Gasteiger charge is 2.20. The number of hydrogen-bond acceptors (Lipinski definition) is 5. The summed E-state index contributed by atoms with van der Waals surface area (Å²) in [5.74, 6) is 1.18. The number of carbonyl (C=O) groups excluding carboxylic acids is 1. The molecule has 7 heteroatoms. The van der Waals surface area contributed by atoms with E-state index in [0.717, 1.165) is 17.1 Å². The summed E-state index contributed by atoms with van der Waals surface area (Å²) < 4.78 is 5.77. The summed E-state index contributed by atoms with van der Waals surface area (Å²) in [7, 11) is 0. The smallest absolute Gasteiger partial charge is 0.292 e. The van der Waals surface area contributed by atoms with Crippen LogP contribution in [0.3, 0.4) is 0 Å². The molecule has 0 atom stereocenters. The summed E-state index contributed by atoms with van der Waals surface area (Å²) >= 11 is 1.59. The monoisotopic (exact) mass is 438 g/mol. The summed E-state index contributed by atoms with van der Waals surface area (Å²) in [4.78, 5) is 24.5. The molecule has 0 fully saturated rings. The first-order valence-corrected chi connectivity index (χ1v) is 11.1. The first-order chi connectivity index (χ1) is 14.8. The van der Waals surface area contributed by atoms with Crippen molar-refractivity contribution in [2.24, 2.45) is 0 Å². The molecule has 6 nitrogen and oxygen atoms in total. The van der Waals surface area contributed by atoms with Gasteiger partial charge < -0.3 is 9.73 Å². The molecule has 0 spiro atoms. The number of furan rings is 1. The van der Waals surface area contributed by atoms with Crippen molar-refractivity contribution in [2.45, 2.75) is 45.4 Å². The van der Waals surface area contributed by atoms with E-state index in [1.165, 1.54) is 28.3 Å². The van der Waals surface area contributed by atoms with Gasteiger partial charge in [0.1, 0.15) is 11.4 Å². The van der Waals surface area contributed by atoms with Crippen molar-refractivity contribution in [3.8, 4) is 0 Å². The maximum atomic E-state index is 12.7. The van der Waals surface area contributed by atoms with Gasteiger partial charge in [0.05, 0.1) is 4.92 Å². The van der Waals surface area contributed by atoms with Crippen molar-refractivity contribution in [3.05, 3.63) is 86.4 Å². The minimum Gasteiger partial charge on any atom is -0.456 e. The largest absolute Gasteiger partial charge is 0.456 e. The summed E-state index contributed by atoms with van der Waals surface area (Å²) in [6.07, 6.45) is 1.56. The molecule has 31 heavy (non-hydrogen) atoms. The van der Waals surface area contributed by atoms with Crippen molar-refractivity contribution in [1.82, 2.24) is 0 Å². The molecule has 2 aromatic carbocycles. The standard InChI is InChI=1S/C24H26N2O4S/c1-5-10-31-19-7-8-22(26(28)29)21(14-19)25-24(27)23-9-6-18(30-23)13-20-16(3)11-15(2)12-17(20)4/h6-9,11-12,14H,5,10,13H2,1-4H3,(H,25,27). The van der Waals surface area contributed by atoms with Crippen molar-refractivity contribution in [2.75, 3.05) is 11.1 Å². The fourth-order valence-electron chi connectivity index (χ4n) is 3.53. The average Bonchev–Trinajstić information content (AvgIpc) is 3.18. The normalized spacial score (nSPS) is 10.8. The van der Waals surface area contributed by atoms with Gasteiger partial charge in [-0.05, 0) is 73.9 Å². The maximum Gasteiger partial charge on any atom is 0.292 e. The average molecular weight is 439 g/mol. The van der Waals surface area contributed by atoms with Gasteiger partial charge in [-0.3, -0.25) is 14.9 Å². The molecule has 1 amide bonds. The van der Waals surface area contributed by atoms with Crippen molar-refractivity contribution in [1.29, 1.82) is 0 Å². The van der Waals surface area contributed by atoms with Crippen LogP contribution in [0.15, 0.2) is 51.8 Å². The molecule has 3 aromatic rings. The van der Waals surface area contributed by atoms with E-state index in [1.54, 1.807) is 36.0 Å². The fraction of sp³-hybridized carbons (Fsp3) is 0.292. The van der Waals surface area contributed by atoms with Gasteiger partial charge in [0.2, 0.25) is 0 Å². The zero-order chi connectivity index (χ0) is 22.5. The van der Waals surface area contributed by atoms with E-state index in [1.807, 2.05) is 0 Å². The van der Waals surface area contributed by atoms with Gasteiger partial charge in [0.15, 0.2) is 5.76 Å². The van der Waals surface area contributed by atoms with E-state index < -0.39 is 10.8 Å². The highest BCUT2D eigenvalue weighted by atomic mass is 32.2. The Balaban J connectivity index is 1.79. The number of aryl methyl sites for hydroxylation is 3. The topological polar surface area (TPSA) is 85.4 Å². The van der Waals surface area contributed by atoms with E-state index in [4.69, 9.17) is 4.42 Å². The van der Waals surface area contributed by atoms with Crippen LogP contribution in [0.1, 0.15) is 51.9 Å². The van der Waals surface area contributed by atoms with Gasteiger partial charge in [-0.25, -0.2) is 0 Å². The number of nitrogens with one attached hydrogen (secondary N) is 1. The minimum atomic E-state index is -0.510. The van der Waals surface area contributed by atoms with Crippen LogP contribution in [-0.2, 0) is 6.42 Å². The Bertz CT molecular complexity index is 1100. The number of carbonyl (C=O) groups is 1. The molecule has 1 N–H and O–H groups in total. The van der Waals surface area contributed by atoms with E-state index >= 15 is 0 Å². The lowest BCUT2D eigenvalue weighted by Crippen LogP contribution is -2.12. The zero-order valence-electron chi connectivity index (χ0n) is 18.2. The number of amides is 1. The second kappa shape index (κ2) is 9.83. The molecule has 0 aliphatic heterocycles. The number of rotatable bonds is 8. The molecule has 3 rings (SSSR count). The van der Waals surface area contributed by atoms with Crippen LogP contribution < -0.4 is 5.32 Å². The molecule has 1 heterocycles. The summed E-state index contributed by atoms with van der Waals surface area (Å²) in [6.45, 7) is 8.26. The van der Waals surface area contributed by atoms with Gasteiger partial charge in [-0.2, -0.15) is 0 Å². The quantitative estimate of drug-likeness (QED) is 0.248. The minimum absolute atomic E-state index is 0.123. The number of nitro groups is 1. The number of anilines is 1. The summed E-state index contributed by atoms with van der Waals surface area (Å²) in [5, 5.41) is 14.0. The van der Waals surface area contributed by atoms with Crippen molar-refractivity contribution >= 4 is 29.0 Å². The number of hydrogen-bond donors (Lipinski definition) is 1. The molecule has 0 radical (unpaired) electrons. The Labute approximate surface area is 186 Å². The maximum absolute atomic E-state index is 12.7. The highest BCUT2D eigenvalue weighted by Crippen LogP contribution is 2.31. The van der Waals surface area contributed by atoms with Crippen molar-refractivity contribution in [3.63, 3.8) is 0 Å². The van der Waals surface area contributed by atoms with Crippen molar-refractivity contribution < 1.29 is 14.1 Å². The molecular weight excluding hydrogens is 412 g/mol. The molecule has 0 aliphatic rings. The van der Waals surface area contributed by atoms with Crippen LogP contribution in [-0.4, -0.2) is 16.6 Å². The molecule has 0 saturated heterocycles. The third kappa shape index (κ3) is 5.55. The Hall–Kier alpha value is -3.06. The third-order valence-corrected chi connectivity index (χ3v) is 6.16. The van der Waals surface area contributed by atoms with Gasteiger partial charge in [-0.1, -0.05) is 24.6 Å². The van der Waals surface area contributed by atoms with Crippen LogP contribution in [0.4, 0.5) is 11.4 Å². The molecule has 0 unspecified atom stereocenters. The predicted molar refractivity (Wildman–Crippen MR) is 124 cm³/mol. The third-order valence-electron chi connectivity index (χ3n) is 4.96. The number of benzene rings is 2. The van der Waals surface area contributed by atoms with E-state index in [2.05, 4.69) is 45.1 Å². The first kappa shape index (κ1) is 22.6. The Morgan fingerprint density at radius 1 is 1.10 bits per heavy atom. The lowest BCUT2D eigenvalue weighted by Gasteiger charge is -2.10. The molecule has 1 aromatic heterocycles. The summed E-state index contributed by atoms with van der Waals surface area (Å²) in [6, 6.07) is 12.4. The van der Waals surface area contributed by atoms with Crippen LogP contribution in [0.25, 0.3) is 0 Å². The van der Waals surface area contributed by atoms with Gasteiger partial charge in [0.25, 0.3) is 11.6 Å². The molecule has 0 saturated carbocycles. The highest BCUT2D eigenvalue weighted by molar-refractivity contribution is 7.99. The lowest BCUT2D eigenvalue weighted by molar-refractivity contribution is -0.384. The van der Waals surface area contributed by atoms with E-state index in [0.29, 0.717) is 12.2 Å². The van der Waals surface area contributed by atoms with Gasteiger partial charge >= 0.3 is 0 Å². The Morgan fingerprint density at radius 2 is 1.81 bits per heavy atom. The zero-order valence-corrected chi connectivity index (χ0v) is 19.0. The lowest BCUT2D eigenvalue weighted by atomic mass is 9.97. The van der Waals surface area contributed by atoms with Crippen LogP contribution in [0.5, 0.6) is 0 Å². The van der Waals surface area contributed by atoms with Gasteiger partial charge in [-0.15, -0.1) is 11.8 Å². The molecular formula is C24H26N2O4S. The fourth-order valence-corrected chi connectivity index (χ4v) is 4.33.